The first-order valence-electron chi connectivity index (χ1n) is 6.58. The second-order valence-corrected chi connectivity index (χ2v) is 4.62. The normalized spacial score (nSPS) is 14.2. The van der Waals surface area contributed by atoms with Crippen molar-refractivity contribution in [2.24, 2.45) is 5.92 Å². The van der Waals surface area contributed by atoms with Crippen LogP contribution in [0.15, 0.2) is 0 Å². The number of carboxylic acids is 2. The molecule has 0 bridgehead atoms. The highest BCUT2D eigenvalue weighted by molar-refractivity contribution is 6.00. The molecule has 24 heavy (non-hydrogen) atoms. The number of methoxy groups -OCH3 is 2. The van der Waals surface area contributed by atoms with Crippen molar-refractivity contribution >= 4 is 29.8 Å². The highest BCUT2D eigenvalue weighted by Crippen LogP contribution is 2.27. The number of ether oxygens (including phenoxy) is 3. The van der Waals surface area contributed by atoms with Gasteiger partial charge in [-0.15, -0.1) is 0 Å². The summed E-state index contributed by atoms with van der Waals surface area (Å²) >= 11 is 0. The fourth-order valence-corrected chi connectivity index (χ4v) is 1.88. The SMILES string of the molecule is CCC(C(=O)OC(C(=O)OC)C(=O)OC)C(O)(CC(=O)O)C(=O)O. The summed E-state index contributed by atoms with van der Waals surface area (Å²) in [4.78, 5) is 57.0. The summed E-state index contributed by atoms with van der Waals surface area (Å²) in [5.41, 5.74) is -2.99. The van der Waals surface area contributed by atoms with E-state index in [2.05, 4.69) is 14.2 Å². The first-order valence-corrected chi connectivity index (χ1v) is 6.58. The van der Waals surface area contributed by atoms with Gasteiger partial charge in [0.05, 0.1) is 26.6 Å². The second kappa shape index (κ2) is 8.82. The average Bonchev–Trinajstić information content (AvgIpc) is 2.50. The zero-order valence-electron chi connectivity index (χ0n) is 13.2. The van der Waals surface area contributed by atoms with Crippen molar-refractivity contribution in [2.75, 3.05) is 14.2 Å². The van der Waals surface area contributed by atoms with Crippen molar-refractivity contribution in [2.45, 2.75) is 31.5 Å². The van der Waals surface area contributed by atoms with Crippen molar-refractivity contribution in [1.82, 2.24) is 0 Å². The van der Waals surface area contributed by atoms with E-state index >= 15 is 0 Å². The number of carbonyl (C=O) groups is 5. The molecule has 0 aliphatic carbocycles. The van der Waals surface area contributed by atoms with Crippen LogP contribution < -0.4 is 0 Å². The van der Waals surface area contributed by atoms with E-state index in [0.29, 0.717) is 0 Å². The van der Waals surface area contributed by atoms with E-state index in [1.165, 1.54) is 6.92 Å². The highest BCUT2D eigenvalue weighted by atomic mass is 16.6. The predicted octanol–water partition coefficient (Wildman–Crippen LogP) is -1.44. The number of hydrogen-bond donors (Lipinski definition) is 3. The third-order valence-corrected chi connectivity index (χ3v) is 3.12. The molecule has 0 saturated heterocycles. The Bertz CT molecular complexity index is 510. The first kappa shape index (κ1) is 21.3. The molecule has 0 aliphatic rings. The van der Waals surface area contributed by atoms with Crippen LogP contribution in [0.1, 0.15) is 19.8 Å². The molecule has 0 aromatic heterocycles. The van der Waals surface area contributed by atoms with E-state index in [1.54, 1.807) is 0 Å². The van der Waals surface area contributed by atoms with E-state index in [0.717, 1.165) is 14.2 Å². The first-order chi connectivity index (χ1) is 11.0. The molecule has 0 heterocycles. The average molecular weight is 350 g/mol. The minimum absolute atomic E-state index is 0.343. The lowest BCUT2D eigenvalue weighted by Gasteiger charge is -2.29. The molecule has 0 aromatic rings. The van der Waals surface area contributed by atoms with Crippen molar-refractivity contribution in [3.63, 3.8) is 0 Å². The van der Waals surface area contributed by atoms with Gasteiger partial charge in [-0.05, 0) is 6.42 Å². The van der Waals surface area contributed by atoms with E-state index in [9.17, 15) is 29.1 Å². The Labute approximate surface area is 136 Å². The summed E-state index contributed by atoms with van der Waals surface area (Å²) in [7, 11) is 1.81. The zero-order valence-corrected chi connectivity index (χ0v) is 13.2. The van der Waals surface area contributed by atoms with Crippen LogP contribution in [0.3, 0.4) is 0 Å². The van der Waals surface area contributed by atoms with E-state index < -0.39 is 53.9 Å². The number of hydrogen-bond acceptors (Lipinski definition) is 9. The molecule has 2 atom stereocenters. The summed E-state index contributed by atoms with van der Waals surface area (Å²) < 4.78 is 13.1. The molecule has 2 unspecified atom stereocenters. The molecule has 11 heteroatoms. The predicted molar refractivity (Wildman–Crippen MR) is 72.5 cm³/mol. The van der Waals surface area contributed by atoms with Crippen molar-refractivity contribution < 1.29 is 53.5 Å². The number of carboxylic acid groups (broad SMARTS) is 2. The Kier molecular flexibility index (Phi) is 7.83. The van der Waals surface area contributed by atoms with Crippen LogP contribution in [0.4, 0.5) is 0 Å². The molecular weight excluding hydrogens is 332 g/mol. The van der Waals surface area contributed by atoms with Gasteiger partial charge in [0, 0.05) is 0 Å². The van der Waals surface area contributed by atoms with Crippen LogP contribution in [0.5, 0.6) is 0 Å². The minimum atomic E-state index is -2.99. The number of aliphatic hydroxyl groups is 1. The lowest BCUT2D eigenvalue weighted by atomic mass is 9.82. The van der Waals surface area contributed by atoms with Crippen LogP contribution in [-0.4, -0.2) is 71.1 Å². The Morgan fingerprint density at radius 2 is 1.42 bits per heavy atom. The second-order valence-electron chi connectivity index (χ2n) is 4.62. The highest BCUT2D eigenvalue weighted by Gasteiger charge is 2.51. The van der Waals surface area contributed by atoms with E-state index in [4.69, 9.17) is 10.2 Å². The molecule has 0 spiro atoms. The van der Waals surface area contributed by atoms with Crippen molar-refractivity contribution in [3.05, 3.63) is 0 Å². The van der Waals surface area contributed by atoms with Crippen LogP contribution >= 0.6 is 0 Å². The molecule has 0 fully saturated rings. The zero-order chi connectivity index (χ0) is 19.1. The van der Waals surface area contributed by atoms with Gasteiger partial charge in [-0.3, -0.25) is 9.59 Å². The molecule has 3 N–H and O–H groups in total. The molecule has 0 radical (unpaired) electrons. The molecule has 0 amide bonds. The topological polar surface area (TPSA) is 174 Å². The Morgan fingerprint density at radius 1 is 0.958 bits per heavy atom. The largest absolute Gasteiger partial charge is 0.481 e. The van der Waals surface area contributed by atoms with Gasteiger partial charge in [-0.1, -0.05) is 6.92 Å². The fourth-order valence-electron chi connectivity index (χ4n) is 1.88. The van der Waals surface area contributed by atoms with Gasteiger partial charge >= 0.3 is 29.8 Å². The Hall–Kier alpha value is -2.69. The Balaban J connectivity index is 5.59. The fraction of sp³-hybridized carbons (Fsp3) is 0.615. The summed E-state index contributed by atoms with van der Waals surface area (Å²) in [5.74, 6) is -9.55. The van der Waals surface area contributed by atoms with Crippen LogP contribution in [-0.2, 0) is 38.2 Å². The van der Waals surface area contributed by atoms with Gasteiger partial charge < -0.3 is 29.5 Å². The van der Waals surface area contributed by atoms with Crippen molar-refractivity contribution in [1.29, 1.82) is 0 Å². The molecule has 0 saturated carbocycles. The molecule has 136 valence electrons. The maximum absolute atomic E-state index is 12.1. The third-order valence-electron chi connectivity index (χ3n) is 3.12. The maximum Gasteiger partial charge on any atom is 0.359 e. The molecule has 0 aromatic carbocycles. The van der Waals surface area contributed by atoms with Gasteiger partial charge in [0.1, 0.15) is 0 Å². The summed E-state index contributed by atoms with van der Waals surface area (Å²) in [5, 5.41) is 27.9. The lowest BCUT2D eigenvalue weighted by molar-refractivity contribution is -0.191. The van der Waals surface area contributed by atoms with Crippen LogP contribution in [0.25, 0.3) is 0 Å². The van der Waals surface area contributed by atoms with E-state index in [-0.39, 0.29) is 6.42 Å². The number of carbonyl (C=O) groups excluding carboxylic acids is 3. The Morgan fingerprint density at radius 3 is 1.71 bits per heavy atom. The molecule has 0 rings (SSSR count). The summed E-state index contributed by atoms with van der Waals surface area (Å²) in [6.07, 6.45) is -3.77. The van der Waals surface area contributed by atoms with Gasteiger partial charge in [0.2, 0.25) is 0 Å². The van der Waals surface area contributed by atoms with Crippen LogP contribution in [0, 0.1) is 5.92 Å². The van der Waals surface area contributed by atoms with Gasteiger partial charge in [0.15, 0.2) is 5.60 Å². The third kappa shape index (κ3) is 4.91. The minimum Gasteiger partial charge on any atom is -0.481 e. The maximum atomic E-state index is 12.1. The van der Waals surface area contributed by atoms with Gasteiger partial charge in [-0.2, -0.15) is 0 Å². The summed E-state index contributed by atoms with van der Waals surface area (Å²) in [6.45, 7) is 1.28. The molecular formula is C13H18O11. The van der Waals surface area contributed by atoms with Crippen molar-refractivity contribution in [3.8, 4) is 0 Å². The van der Waals surface area contributed by atoms with E-state index in [1.807, 2.05) is 0 Å². The van der Waals surface area contributed by atoms with Crippen LogP contribution in [0.2, 0.25) is 0 Å². The van der Waals surface area contributed by atoms with Gasteiger partial charge in [0.25, 0.3) is 6.10 Å². The van der Waals surface area contributed by atoms with Gasteiger partial charge in [-0.25, -0.2) is 14.4 Å². The lowest BCUT2D eigenvalue weighted by Crippen LogP contribution is -2.52. The number of esters is 3. The molecule has 11 nitrogen and oxygen atoms in total. The monoisotopic (exact) mass is 350 g/mol. The molecule has 0 aliphatic heterocycles. The quantitative estimate of drug-likeness (QED) is 0.252. The standard InChI is InChI=1S/C13H18O11/c1-4-6(13(21,12(19)20)5-7(14)15)9(16)24-8(10(17)22-2)11(18)23-3/h6,8,21H,4-5H2,1-3H3,(H,14,15)(H,19,20). The number of aliphatic carboxylic acids is 2. The number of rotatable bonds is 9. The summed E-state index contributed by atoms with van der Waals surface area (Å²) in [6, 6.07) is 0. The smallest absolute Gasteiger partial charge is 0.359 e.